The number of aldehydes is 1. The number of carbonyl (C=O) groups excluding carboxylic acids is 2. The maximum absolute atomic E-state index is 13.2. The first kappa shape index (κ1) is 22.2. The Bertz CT molecular complexity index is 645. The Kier molecular flexibility index (Phi) is 7.90. The van der Waals surface area contributed by atoms with Crippen molar-refractivity contribution in [2.24, 2.45) is 5.92 Å². The average molecular weight is 381 g/mol. The highest BCUT2D eigenvalue weighted by Gasteiger charge is 2.37. The molecule has 1 aromatic carbocycles. The van der Waals surface area contributed by atoms with Crippen molar-refractivity contribution in [3.63, 3.8) is 0 Å². The molecule has 4 nitrogen and oxygen atoms in total. The highest BCUT2D eigenvalue weighted by Crippen LogP contribution is 2.42. The number of benzene rings is 1. The van der Waals surface area contributed by atoms with Gasteiger partial charge in [-0.1, -0.05) is 32.1 Å². The molecule has 1 atom stereocenters. The normalized spacial score (nSPS) is 14.0. The molecule has 0 bridgehead atoms. The van der Waals surface area contributed by atoms with Crippen LogP contribution in [0, 0.1) is 11.7 Å². The van der Waals surface area contributed by atoms with Crippen LogP contribution in [0.3, 0.4) is 0 Å². The predicted octanol–water partition coefficient (Wildman–Crippen LogP) is 4.35. The van der Waals surface area contributed by atoms with Gasteiger partial charge >= 0.3 is 5.97 Å². The van der Waals surface area contributed by atoms with E-state index in [-0.39, 0.29) is 17.3 Å². The molecule has 0 saturated heterocycles. The molecule has 0 saturated carbocycles. The molecule has 6 heteroatoms. The van der Waals surface area contributed by atoms with Crippen LogP contribution in [-0.2, 0) is 14.3 Å². The zero-order valence-corrected chi connectivity index (χ0v) is 17.2. The second-order valence-corrected chi connectivity index (χ2v) is 12.2. The third-order valence-corrected chi connectivity index (χ3v) is 8.74. The Labute approximate surface area is 156 Å². The molecule has 1 aromatic rings. The highest BCUT2D eigenvalue weighted by atomic mass is 28.4. The largest absolute Gasteiger partial charge is 0.468 e. The lowest BCUT2D eigenvalue weighted by atomic mass is 9.94. The summed E-state index contributed by atoms with van der Waals surface area (Å²) in [5.74, 6) is -1.75. The van der Waals surface area contributed by atoms with Gasteiger partial charge in [0.05, 0.1) is 7.11 Å². The number of rotatable bonds is 9. The molecule has 0 fully saturated rings. The van der Waals surface area contributed by atoms with Crippen LogP contribution >= 0.6 is 0 Å². The van der Waals surface area contributed by atoms with Gasteiger partial charge in [-0.3, -0.25) is 4.79 Å². The monoisotopic (exact) mass is 380 g/mol. The number of hydrogen-bond acceptors (Lipinski definition) is 4. The van der Waals surface area contributed by atoms with Gasteiger partial charge in [0.15, 0.2) is 8.32 Å². The van der Waals surface area contributed by atoms with E-state index in [1.165, 1.54) is 19.2 Å². The van der Waals surface area contributed by atoms with Crippen LogP contribution in [0.5, 0.6) is 0 Å². The van der Waals surface area contributed by atoms with Crippen LogP contribution in [-0.4, -0.2) is 32.5 Å². The molecule has 1 unspecified atom stereocenters. The fraction of sp³-hybridized carbons (Fsp3) is 0.500. The highest BCUT2D eigenvalue weighted by molar-refractivity contribution is 6.72. The molecule has 0 aliphatic carbocycles. The molecule has 1 rings (SSSR count). The van der Waals surface area contributed by atoms with E-state index in [1.807, 2.05) is 33.0 Å². The topological polar surface area (TPSA) is 63.6 Å². The van der Waals surface area contributed by atoms with Crippen LogP contribution in [0.4, 0.5) is 4.39 Å². The van der Waals surface area contributed by atoms with E-state index in [9.17, 15) is 18.8 Å². The quantitative estimate of drug-likeness (QED) is 0.299. The van der Waals surface area contributed by atoms with Gasteiger partial charge in [-0.05, 0) is 60.7 Å². The first-order valence-corrected chi connectivity index (χ1v) is 11.7. The first-order chi connectivity index (χ1) is 12.0. The molecule has 26 heavy (non-hydrogen) atoms. The Morgan fingerprint density at radius 3 is 2.35 bits per heavy atom. The summed E-state index contributed by atoms with van der Waals surface area (Å²) < 4.78 is 17.9. The Morgan fingerprint density at radius 2 is 1.88 bits per heavy atom. The van der Waals surface area contributed by atoms with Crippen LogP contribution in [0.2, 0.25) is 18.1 Å². The molecule has 0 heterocycles. The van der Waals surface area contributed by atoms with Gasteiger partial charge in [0.1, 0.15) is 18.0 Å². The zero-order valence-electron chi connectivity index (χ0n) is 16.2. The minimum atomic E-state index is -2.35. The third kappa shape index (κ3) is 6.18. The lowest BCUT2D eigenvalue weighted by Gasteiger charge is -2.35. The molecular weight excluding hydrogens is 351 g/mol. The Balaban J connectivity index is 3.06. The molecule has 0 spiro atoms. The maximum atomic E-state index is 13.2. The number of esters is 1. The van der Waals surface area contributed by atoms with E-state index in [0.29, 0.717) is 12.7 Å². The summed E-state index contributed by atoms with van der Waals surface area (Å²) in [4.78, 5) is 33.3. The van der Waals surface area contributed by atoms with Crippen molar-refractivity contribution in [1.82, 2.24) is 0 Å². The van der Waals surface area contributed by atoms with E-state index in [1.54, 1.807) is 12.1 Å². The molecule has 0 aliphatic rings. The SMILES string of the molecule is COC(=O)C(C=O)C/C=C(/CCC(C)(C)[Si](C)(C)O)c1ccc(F)cc1. The Morgan fingerprint density at radius 1 is 1.31 bits per heavy atom. The first-order valence-electron chi connectivity index (χ1n) is 8.72. The summed E-state index contributed by atoms with van der Waals surface area (Å²) in [7, 11) is -1.10. The fourth-order valence-electron chi connectivity index (χ4n) is 2.41. The second kappa shape index (κ2) is 9.23. The van der Waals surface area contributed by atoms with Crippen LogP contribution < -0.4 is 0 Å². The maximum Gasteiger partial charge on any atom is 0.316 e. The van der Waals surface area contributed by atoms with Crippen molar-refractivity contribution in [3.05, 3.63) is 41.7 Å². The summed E-state index contributed by atoms with van der Waals surface area (Å²) in [6.45, 7) is 7.91. The van der Waals surface area contributed by atoms with Crippen molar-refractivity contribution in [3.8, 4) is 0 Å². The van der Waals surface area contributed by atoms with Gasteiger partial charge in [0.25, 0.3) is 0 Å². The van der Waals surface area contributed by atoms with Gasteiger partial charge in [-0.25, -0.2) is 4.39 Å². The minimum absolute atomic E-state index is 0.210. The number of hydrogen-bond donors (Lipinski definition) is 1. The predicted molar refractivity (Wildman–Crippen MR) is 104 cm³/mol. The third-order valence-electron chi connectivity index (χ3n) is 5.18. The zero-order chi connectivity index (χ0) is 20.0. The van der Waals surface area contributed by atoms with Crippen molar-refractivity contribution in [2.45, 2.75) is 51.2 Å². The number of halogens is 1. The van der Waals surface area contributed by atoms with E-state index in [2.05, 4.69) is 4.74 Å². The van der Waals surface area contributed by atoms with Crippen molar-refractivity contribution in [1.29, 1.82) is 0 Å². The number of ether oxygens (including phenoxy) is 1. The van der Waals surface area contributed by atoms with Crippen LogP contribution in [0.15, 0.2) is 30.3 Å². The molecule has 1 N–H and O–H groups in total. The Hall–Kier alpha value is -1.79. The summed E-state index contributed by atoms with van der Waals surface area (Å²) in [6.07, 6.45) is 4.05. The molecule has 0 amide bonds. The standard InChI is InChI=1S/C20H29FO4Si/c1-20(2,26(4,5)24)13-12-16(15-8-10-18(21)11-9-15)6-7-17(14-22)19(23)25-3/h6,8-11,14,17,24H,7,12-13H2,1-5H3/b16-6-. The van der Waals surface area contributed by atoms with Gasteiger partial charge in [-0.15, -0.1) is 0 Å². The molecular formula is C20H29FO4Si. The molecule has 0 radical (unpaired) electrons. The summed E-state index contributed by atoms with van der Waals surface area (Å²) in [6, 6.07) is 6.14. The van der Waals surface area contributed by atoms with Crippen molar-refractivity contribution in [2.75, 3.05) is 7.11 Å². The van der Waals surface area contributed by atoms with Gasteiger partial charge in [0, 0.05) is 0 Å². The van der Waals surface area contributed by atoms with E-state index in [0.717, 1.165) is 17.6 Å². The van der Waals surface area contributed by atoms with Crippen LogP contribution in [0.1, 0.15) is 38.7 Å². The lowest BCUT2D eigenvalue weighted by molar-refractivity contribution is -0.146. The molecule has 144 valence electrons. The van der Waals surface area contributed by atoms with Crippen molar-refractivity contribution >= 4 is 26.1 Å². The van der Waals surface area contributed by atoms with E-state index >= 15 is 0 Å². The average Bonchev–Trinajstić information content (AvgIpc) is 2.57. The van der Waals surface area contributed by atoms with Crippen LogP contribution in [0.25, 0.3) is 5.57 Å². The lowest BCUT2D eigenvalue weighted by Crippen LogP contribution is -2.38. The van der Waals surface area contributed by atoms with Gasteiger partial charge < -0.3 is 14.3 Å². The summed E-state index contributed by atoms with van der Waals surface area (Å²) >= 11 is 0. The molecule has 0 aromatic heterocycles. The van der Waals surface area contributed by atoms with Gasteiger partial charge in [-0.2, -0.15) is 0 Å². The summed E-state index contributed by atoms with van der Waals surface area (Å²) in [5, 5.41) is -0.210. The number of allylic oxidation sites excluding steroid dienone is 2. The molecule has 0 aliphatic heterocycles. The van der Waals surface area contributed by atoms with Gasteiger partial charge in [0.2, 0.25) is 0 Å². The second-order valence-electron chi connectivity index (χ2n) is 7.68. The van der Waals surface area contributed by atoms with E-state index in [4.69, 9.17) is 0 Å². The fourth-order valence-corrected chi connectivity index (χ4v) is 3.15. The number of methoxy groups -OCH3 is 1. The minimum Gasteiger partial charge on any atom is -0.468 e. The summed E-state index contributed by atoms with van der Waals surface area (Å²) in [5.41, 5.74) is 1.77. The number of carbonyl (C=O) groups is 2. The van der Waals surface area contributed by atoms with E-state index < -0.39 is 20.2 Å². The smallest absolute Gasteiger partial charge is 0.316 e. The van der Waals surface area contributed by atoms with Crippen molar-refractivity contribution < 1.29 is 23.5 Å².